The number of nitrogens with two attached hydrogens (primary N) is 1. The lowest BCUT2D eigenvalue weighted by molar-refractivity contribution is -0.123. The van der Waals surface area contributed by atoms with Crippen molar-refractivity contribution in [3.8, 4) is 5.75 Å². The number of amides is 2. The van der Waals surface area contributed by atoms with E-state index in [1.807, 2.05) is 0 Å². The summed E-state index contributed by atoms with van der Waals surface area (Å²) < 4.78 is 0. The fraction of sp³-hybridized carbons (Fsp3) is 0. The van der Waals surface area contributed by atoms with E-state index in [0.717, 1.165) is 0 Å². The zero-order valence-corrected chi connectivity index (χ0v) is 11.1. The Morgan fingerprint density at radius 3 is 2.24 bits per heavy atom. The summed E-state index contributed by atoms with van der Waals surface area (Å²) in [5, 5.41) is 9.72. The number of hydrazine groups is 1. The summed E-state index contributed by atoms with van der Waals surface area (Å²) in [5.74, 6) is 4.46. The van der Waals surface area contributed by atoms with Gasteiger partial charge in [-0.1, -0.05) is 30.3 Å². The summed E-state index contributed by atoms with van der Waals surface area (Å²) in [7, 11) is 0. The van der Waals surface area contributed by atoms with Gasteiger partial charge in [-0.3, -0.25) is 9.59 Å². The van der Waals surface area contributed by atoms with Crippen molar-refractivity contribution in [3.05, 3.63) is 71.8 Å². The number of hydrogen-bond acceptors (Lipinski definition) is 4. The lowest BCUT2D eigenvalue weighted by atomic mass is 10.2. The van der Waals surface area contributed by atoms with Crippen LogP contribution in [0.15, 0.2) is 60.7 Å². The number of carbonyl (C=O) groups is 2. The van der Waals surface area contributed by atoms with E-state index in [1.54, 1.807) is 42.5 Å². The van der Waals surface area contributed by atoms with E-state index in [1.165, 1.54) is 24.3 Å². The van der Waals surface area contributed by atoms with Crippen molar-refractivity contribution in [3.63, 3.8) is 0 Å². The highest BCUT2D eigenvalue weighted by Crippen LogP contribution is 2.11. The Hall–Kier alpha value is -2.92. The predicted octanol–water partition coefficient (Wildman–Crippen LogP) is 1.95. The van der Waals surface area contributed by atoms with E-state index in [-0.39, 0.29) is 5.75 Å². The van der Waals surface area contributed by atoms with Crippen molar-refractivity contribution in [2.24, 2.45) is 5.84 Å². The minimum atomic E-state index is -0.628. The van der Waals surface area contributed by atoms with Crippen LogP contribution in [0.25, 0.3) is 6.08 Å². The number of imide groups is 1. The second-order valence-electron chi connectivity index (χ2n) is 4.30. The van der Waals surface area contributed by atoms with Crippen LogP contribution in [0.4, 0.5) is 0 Å². The Labute approximate surface area is 121 Å². The molecule has 0 aliphatic carbocycles. The van der Waals surface area contributed by atoms with Crippen molar-refractivity contribution >= 4 is 17.9 Å². The molecule has 106 valence electrons. The van der Waals surface area contributed by atoms with Crippen LogP contribution < -0.4 is 5.84 Å². The molecule has 0 aromatic heterocycles. The van der Waals surface area contributed by atoms with Gasteiger partial charge in [0.05, 0.1) is 0 Å². The van der Waals surface area contributed by atoms with Crippen molar-refractivity contribution < 1.29 is 14.7 Å². The van der Waals surface area contributed by atoms with E-state index in [9.17, 15) is 9.59 Å². The van der Waals surface area contributed by atoms with Gasteiger partial charge in [0.2, 0.25) is 0 Å². The van der Waals surface area contributed by atoms with E-state index < -0.39 is 11.8 Å². The predicted molar refractivity (Wildman–Crippen MR) is 78.9 cm³/mol. The van der Waals surface area contributed by atoms with Gasteiger partial charge in [-0.25, -0.2) is 10.9 Å². The van der Waals surface area contributed by atoms with Crippen LogP contribution in [-0.2, 0) is 4.79 Å². The number of aromatic hydroxyl groups is 1. The van der Waals surface area contributed by atoms with Crippen LogP contribution in [0.1, 0.15) is 15.9 Å². The third-order valence-electron chi connectivity index (χ3n) is 2.79. The summed E-state index contributed by atoms with van der Waals surface area (Å²) in [5.41, 5.74) is 1.05. The number of nitrogens with zero attached hydrogens (tertiary/aromatic N) is 1. The van der Waals surface area contributed by atoms with E-state index in [0.29, 0.717) is 16.1 Å². The van der Waals surface area contributed by atoms with Crippen LogP contribution in [-0.4, -0.2) is 21.9 Å². The number of phenols is 1. The van der Waals surface area contributed by atoms with Crippen molar-refractivity contribution in [2.45, 2.75) is 0 Å². The first-order chi connectivity index (χ1) is 10.1. The van der Waals surface area contributed by atoms with Gasteiger partial charge < -0.3 is 5.11 Å². The SMILES string of the molecule is NN(C(=O)/C=C/c1ccc(O)cc1)C(=O)c1ccccc1. The average Bonchev–Trinajstić information content (AvgIpc) is 2.53. The van der Waals surface area contributed by atoms with Gasteiger partial charge in [0.1, 0.15) is 5.75 Å². The third-order valence-corrected chi connectivity index (χ3v) is 2.79. The molecule has 0 heterocycles. The van der Waals surface area contributed by atoms with Gasteiger partial charge in [-0.15, -0.1) is 0 Å². The first-order valence-electron chi connectivity index (χ1n) is 6.23. The standard InChI is InChI=1S/C16H14N2O3/c17-18(16(21)13-4-2-1-3-5-13)15(20)11-8-12-6-9-14(19)10-7-12/h1-11,19H,17H2/b11-8+. The Bertz CT molecular complexity index is 664. The molecule has 0 radical (unpaired) electrons. The lowest BCUT2D eigenvalue weighted by Crippen LogP contribution is -2.41. The molecule has 5 heteroatoms. The molecule has 2 aromatic carbocycles. The van der Waals surface area contributed by atoms with Crippen LogP contribution in [0, 0.1) is 0 Å². The van der Waals surface area contributed by atoms with Gasteiger partial charge in [-0.05, 0) is 35.9 Å². The Balaban J connectivity index is 2.06. The smallest absolute Gasteiger partial charge is 0.275 e. The molecule has 0 bridgehead atoms. The van der Waals surface area contributed by atoms with Gasteiger partial charge in [-0.2, -0.15) is 0 Å². The second-order valence-corrected chi connectivity index (χ2v) is 4.30. The Morgan fingerprint density at radius 1 is 1.00 bits per heavy atom. The van der Waals surface area contributed by atoms with Crippen molar-refractivity contribution in [2.75, 3.05) is 0 Å². The number of hydrogen-bond donors (Lipinski definition) is 2. The normalized spacial score (nSPS) is 10.5. The van der Waals surface area contributed by atoms with E-state index in [4.69, 9.17) is 10.9 Å². The number of rotatable bonds is 3. The fourth-order valence-corrected chi connectivity index (χ4v) is 1.65. The molecule has 0 atom stereocenters. The summed E-state index contributed by atoms with van der Waals surface area (Å²) in [6, 6.07) is 14.6. The van der Waals surface area contributed by atoms with E-state index >= 15 is 0 Å². The van der Waals surface area contributed by atoms with Crippen molar-refractivity contribution in [1.82, 2.24) is 5.01 Å². The maximum absolute atomic E-state index is 12.0. The third kappa shape index (κ3) is 3.77. The van der Waals surface area contributed by atoms with Crippen molar-refractivity contribution in [1.29, 1.82) is 0 Å². The minimum Gasteiger partial charge on any atom is -0.508 e. The van der Waals surface area contributed by atoms with Crippen LogP contribution in [0.3, 0.4) is 0 Å². The highest BCUT2D eigenvalue weighted by Gasteiger charge is 2.16. The summed E-state index contributed by atoms with van der Waals surface area (Å²) in [4.78, 5) is 23.8. The fourth-order valence-electron chi connectivity index (χ4n) is 1.65. The molecule has 2 amide bonds. The molecule has 0 spiro atoms. The summed E-state index contributed by atoms with van der Waals surface area (Å²) >= 11 is 0. The number of phenolic OH excluding ortho intramolecular Hbond substituents is 1. The molecule has 0 fully saturated rings. The topological polar surface area (TPSA) is 83.6 Å². The molecule has 0 saturated carbocycles. The average molecular weight is 282 g/mol. The molecular weight excluding hydrogens is 268 g/mol. The first-order valence-corrected chi connectivity index (χ1v) is 6.23. The van der Waals surface area contributed by atoms with Crippen LogP contribution in [0.5, 0.6) is 5.75 Å². The van der Waals surface area contributed by atoms with Gasteiger partial charge in [0.25, 0.3) is 11.8 Å². The maximum atomic E-state index is 12.0. The zero-order valence-electron chi connectivity index (χ0n) is 11.1. The lowest BCUT2D eigenvalue weighted by Gasteiger charge is -2.12. The first kappa shape index (κ1) is 14.5. The summed E-state index contributed by atoms with van der Waals surface area (Å²) in [6.07, 6.45) is 2.72. The minimum absolute atomic E-state index is 0.137. The molecule has 2 rings (SSSR count). The van der Waals surface area contributed by atoms with Gasteiger partial charge >= 0.3 is 0 Å². The molecule has 0 aliphatic heterocycles. The second kappa shape index (κ2) is 6.49. The Morgan fingerprint density at radius 2 is 1.62 bits per heavy atom. The van der Waals surface area contributed by atoms with Crippen LogP contribution in [0.2, 0.25) is 0 Å². The highest BCUT2D eigenvalue weighted by molar-refractivity contribution is 6.08. The molecule has 3 N–H and O–H groups in total. The zero-order chi connectivity index (χ0) is 15.2. The van der Waals surface area contributed by atoms with Gasteiger partial charge in [0.15, 0.2) is 0 Å². The monoisotopic (exact) mass is 282 g/mol. The molecule has 0 unspecified atom stereocenters. The molecular formula is C16H14N2O3. The molecule has 0 saturated heterocycles. The van der Waals surface area contributed by atoms with Gasteiger partial charge in [0, 0.05) is 11.6 Å². The van der Waals surface area contributed by atoms with E-state index in [2.05, 4.69) is 0 Å². The summed E-state index contributed by atoms with van der Waals surface area (Å²) in [6.45, 7) is 0. The molecule has 5 nitrogen and oxygen atoms in total. The largest absolute Gasteiger partial charge is 0.508 e. The number of benzene rings is 2. The molecule has 0 aliphatic rings. The Kier molecular flexibility index (Phi) is 4.48. The maximum Gasteiger partial charge on any atom is 0.275 e. The molecule has 2 aromatic rings. The number of carbonyl (C=O) groups excluding carboxylic acids is 2. The quantitative estimate of drug-likeness (QED) is 0.390. The highest BCUT2D eigenvalue weighted by atomic mass is 16.3. The molecule has 21 heavy (non-hydrogen) atoms. The van der Waals surface area contributed by atoms with Crippen LogP contribution >= 0.6 is 0 Å².